The summed E-state index contributed by atoms with van der Waals surface area (Å²) >= 11 is 0. The number of carbonyl (C=O) groups is 3. The van der Waals surface area contributed by atoms with E-state index in [1.165, 1.54) is 6.92 Å². The first-order valence-corrected chi connectivity index (χ1v) is 7.27. The van der Waals surface area contributed by atoms with Crippen molar-refractivity contribution in [2.45, 2.75) is 24.5 Å². The zero-order valence-electron chi connectivity index (χ0n) is 10.3. The molecule has 0 aromatic rings. The maximum absolute atomic E-state index is 12.1. The largest absolute Gasteiger partial charge is 0.481 e. The van der Waals surface area contributed by atoms with Gasteiger partial charge in [0.05, 0.1) is 12.2 Å². The van der Waals surface area contributed by atoms with Gasteiger partial charge in [-0.2, -0.15) is 0 Å². The third-order valence-corrected chi connectivity index (χ3v) is 5.42. The van der Waals surface area contributed by atoms with Crippen molar-refractivity contribution in [2.75, 3.05) is 18.8 Å². The van der Waals surface area contributed by atoms with Gasteiger partial charge in [-0.3, -0.25) is 14.4 Å². The maximum atomic E-state index is 12.1. The molecule has 0 aromatic heterocycles. The highest BCUT2D eigenvalue weighted by molar-refractivity contribution is 8.01. The van der Waals surface area contributed by atoms with E-state index in [0.29, 0.717) is 0 Å². The molecule has 0 aromatic carbocycles. The number of hydrogen-bond acceptors (Lipinski definition) is 5. The van der Waals surface area contributed by atoms with Gasteiger partial charge in [-0.1, -0.05) is 6.92 Å². The molecule has 1 atom stereocenters. The number of carbonyl (C=O) groups excluding carboxylic acids is 1. The Morgan fingerprint density at radius 2 is 1.74 bits per heavy atom. The molecule has 1 amide bonds. The Labute approximate surface area is 109 Å². The number of nitrogens with zero attached hydrogens (tertiary/aromatic N) is 1. The SMILES string of the molecule is CCC1(C(=O)N(CCC(=O)O)CC(=O)O)CS1(=O)=O. The fourth-order valence-electron chi connectivity index (χ4n) is 1.88. The molecular formula is C10H15NO7S. The van der Waals surface area contributed by atoms with Crippen molar-refractivity contribution < 1.29 is 33.0 Å². The normalized spacial score (nSPS) is 23.6. The van der Waals surface area contributed by atoms with Crippen LogP contribution in [0, 0.1) is 0 Å². The van der Waals surface area contributed by atoms with Crippen molar-refractivity contribution in [3.8, 4) is 0 Å². The maximum Gasteiger partial charge on any atom is 0.323 e. The number of amides is 1. The van der Waals surface area contributed by atoms with Gasteiger partial charge in [0.2, 0.25) is 5.91 Å². The summed E-state index contributed by atoms with van der Waals surface area (Å²) in [6, 6.07) is 0. The molecule has 2 N–H and O–H groups in total. The number of hydrogen-bond donors (Lipinski definition) is 2. The second-order valence-corrected chi connectivity index (χ2v) is 6.67. The minimum absolute atomic E-state index is 0.0529. The molecule has 1 unspecified atom stereocenters. The monoisotopic (exact) mass is 293 g/mol. The Bertz CT molecular complexity index is 512. The van der Waals surface area contributed by atoms with Crippen LogP contribution in [-0.2, 0) is 24.2 Å². The highest BCUT2D eigenvalue weighted by Gasteiger charge is 2.66. The van der Waals surface area contributed by atoms with E-state index in [4.69, 9.17) is 10.2 Å². The van der Waals surface area contributed by atoms with Gasteiger partial charge in [0, 0.05) is 6.54 Å². The van der Waals surface area contributed by atoms with E-state index in [-0.39, 0.29) is 18.7 Å². The zero-order chi connectivity index (χ0) is 14.8. The predicted octanol–water partition coefficient (Wildman–Crippen LogP) is -1.05. The number of carboxylic acids is 2. The van der Waals surface area contributed by atoms with Gasteiger partial charge in [-0.25, -0.2) is 8.42 Å². The molecule has 8 nitrogen and oxygen atoms in total. The van der Waals surface area contributed by atoms with E-state index in [1.54, 1.807) is 0 Å². The summed E-state index contributed by atoms with van der Waals surface area (Å²) in [5, 5.41) is 17.2. The summed E-state index contributed by atoms with van der Waals surface area (Å²) in [5.74, 6) is -3.63. The van der Waals surface area contributed by atoms with Crippen LogP contribution in [0.3, 0.4) is 0 Å². The third-order valence-electron chi connectivity index (χ3n) is 3.10. The lowest BCUT2D eigenvalue weighted by Gasteiger charge is -2.23. The Morgan fingerprint density at radius 1 is 1.21 bits per heavy atom. The van der Waals surface area contributed by atoms with E-state index in [1.807, 2.05) is 0 Å². The first-order chi connectivity index (χ1) is 8.66. The molecule has 1 saturated heterocycles. The van der Waals surface area contributed by atoms with E-state index in [9.17, 15) is 22.8 Å². The highest BCUT2D eigenvalue weighted by atomic mass is 32.2. The quantitative estimate of drug-likeness (QED) is 0.573. The Hall–Kier alpha value is -1.64. The van der Waals surface area contributed by atoms with Crippen LogP contribution in [0.5, 0.6) is 0 Å². The van der Waals surface area contributed by atoms with Crippen LogP contribution in [0.2, 0.25) is 0 Å². The lowest BCUT2D eigenvalue weighted by Crippen LogP contribution is -2.45. The van der Waals surface area contributed by atoms with Crippen molar-refractivity contribution in [1.82, 2.24) is 4.90 Å². The molecule has 19 heavy (non-hydrogen) atoms. The molecule has 0 radical (unpaired) electrons. The van der Waals surface area contributed by atoms with Gasteiger partial charge >= 0.3 is 11.9 Å². The van der Waals surface area contributed by atoms with Crippen LogP contribution < -0.4 is 0 Å². The molecule has 1 aliphatic rings. The molecule has 108 valence electrons. The average molecular weight is 293 g/mol. The van der Waals surface area contributed by atoms with Gasteiger partial charge < -0.3 is 15.1 Å². The van der Waals surface area contributed by atoms with Gasteiger partial charge in [-0.05, 0) is 6.42 Å². The lowest BCUT2D eigenvalue weighted by molar-refractivity contribution is -0.146. The third kappa shape index (κ3) is 3.03. The van der Waals surface area contributed by atoms with Crippen molar-refractivity contribution >= 4 is 27.7 Å². The summed E-state index contributed by atoms with van der Waals surface area (Å²) < 4.78 is 21.4. The second-order valence-electron chi connectivity index (χ2n) is 4.37. The minimum Gasteiger partial charge on any atom is -0.481 e. The van der Waals surface area contributed by atoms with Crippen molar-refractivity contribution in [1.29, 1.82) is 0 Å². The summed E-state index contributed by atoms with van der Waals surface area (Å²) in [5.41, 5.74) is 0. The molecule has 9 heteroatoms. The first-order valence-electron chi connectivity index (χ1n) is 5.61. The van der Waals surface area contributed by atoms with Gasteiger partial charge in [0.15, 0.2) is 14.6 Å². The number of rotatable bonds is 7. The Kier molecular flexibility index (Phi) is 4.18. The van der Waals surface area contributed by atoms with E-state index < -0.39 is 45.4 Å². The van der Waals surface area contributed by atoms with Gasteiger partial charge in [0.25, 0.3) is 0 Å². The standard InChI is InChI=1S/C10H15NO7S/c1-2-10(6-19(10,17)18)9(16)11(5-8(14)15)4-3-7(12)13/h2-6H2,1H3,(H,12,13)(H,14,15). The van der Waals surface area contributed by atoms with E-state index >= 15 is 0 Å². The second kappa shape index (κ2) is 5.16. The average Bonchev–Trinajstić information content (AvgIpc) is 2.86. The van der Waals surface area contributed by atoms with Gasteiger partial charge in [0.1, 0.15) is 6.54 Å². The van der Waals surface area contributed by atoms with E-state index in [2.05, 4.69) is 0 Å². The van der Waals surface area contributed by atoms with E-state index in [0.717, 1.165) is 4.90 Å². The Balaban J connectivity index is 2.89. The molecule has 0 bridgehead atoms. The number of aliphatic carboxylic acids is 2. The Morgan fingerprint density at radius 3 is 2.05 bits per heavy atom. The molecule has 0 aliphatic carbocycles. The predicted molar refractivity (Wildman–Crippen MR) is 63.3 cm³/mol. The first kappa shape index (κ1) is 15.4. The number of sulfone groups is 1. The molecule has 1 fully saturated rings. The molecule has 1 heterocycles. The smallest absolute Gasteiger partial charge is 0.323 e. The van der Waals surface area contributed by atoms with Crippen LogP contribution in [0.1, 0.15) is 19.8 Å². The molecule has 1 aliphatic heterocycles. The highest BCUT2D eigenvalue weighted by Crippen LogP contribution is 2.41. The van der Waals surface area contributed by atoms with Gasteiger partial charge in [-0.15, -0.1) is 0 Å². The molecule has 1 rings (SSSR count). The van der Waals surface area contributed by atoms with Crippen LogP contribution in [0.25, 0.3) is 0 Å². The van der Waals surface area contributed by atoms with Crippen LogP contribution in [-0.4, -0.2) is 65.0 Å². The van der Waals surface area contributed by atoms with Crippen LogP contribution in [0.15, 0.2) is 0 Å². The summed E-state index contributed by atoms with van der Waals surface area (Å²) in [7, 11) is -3.52. The fourth-order valence-corrected chi connectivity index (χ4v) is 3.89. The molecular weight excluding hydrogens is 278 g/mol. The molecule has 0 spiro atoms. The minimum atomic E-state index is -3.52. The van der Waals surface area contributed by atoms with Crippen LogP contribution >= 0.6 is 0 Å². The molecule has 0 saturated carbocycles. The number of carboxylic acid groups (broad SMARTS) is 2. The summed E-state index contributed by atoms with van der Waals surface area (Å²) in [6.45, 7) is 0.500. The van der Waals surface area contributed by atoms with Crippen LogP contribution in [0.4, 0.5) is 0 Å². The summed E-state index contributed by atoms with van der Waals surface area (Å²) in [6.07, 6.45) is -0.379. The lowest BCUT2D eigenvalue weighted by atomic mass is 10.1. The van der Waals surface area contributed by atoms with Crippen molar-refractivity contribution in [2.24, 2.45) is 0 Å². The zero-order valence-corrected chi connectivity index (χ0v) is 11.1. The topological polar surface area (TPSA) is 129 Å². The van der Waals surface area contributed by atoms with Crippen molar-refractivity contribution in [3.05, 3.63) is 0 Å². The summed E-state index contributed by atoms with van der Waals surface area (Å²) in [4.78, 5) is 34.0. The van der Waals surface area contributed by atoms with Crippen molar-refractivity contribution in [3.63, 3.8) is 0 Å². The fraction of sp³-hybridized carbons (Fsp3) is 0.700.